The van der Waals surface area contributed by atoms with E-state index in [1.807, 2.05) is 23.0 Å². The van der Waals surface area contributed by atoms with Crippen LogP contribution in [0.5, 0.6) is 0 Å². The zero-order chi connectivity index (χ0) is 22.9. The molecule has 0 unspecified atom stereocenters. The minimum Gasteiger partial charge on any atom is -1.00 e. The van der Waals surface area contributed by atoms with Crippen molar-refractivity contribution in [3.8, 4) is 0 Å². The van der Waals surface area contributed by atoms with Crippen LogP contribution in [0.2, 0.25) is 5.15 Å². The largest absolute Gasteiger partial charge is 1.00 e. The molecule has 0 aliphatic carbocycles. The van der Waals surface area contributed by atoms with E-state index >= 15 is 0 Å². The van der Waals surface area contributed by atoms with Crippen LogP contribution in [0.4, 0.5) is 16.0 Å². The zero-order valence-electron chi connectivity index (χ0n) is 17.6. The topological polar surface area (TPSA) is 142 Å². The molecule has 0 saturated heterocycles. The second kappa shape index (κ2) is 10.3. The third-order valence-corrected chi connectivity index (χ3v) is 5.11. The van der Waals surface area contributed by atoms with Crippen LogP contribution < -0.4 is 45.3 Å². The molecule has 32 heavy (non-hydrogen) atoms. The Labute approximate surface area is 205 Å². The number of hydrogen-bond acceptors (Lipinski definition) is 7. The van der Waals surface area contributed by atoms with Crippen molar-refractivity contribution in [2.45, 2.75) is 33.5 Å². The number of imidazole rings is 1. The normalized spacial score (nSPS) is 10.7. The van der Waals surface area contributed by atoms with E-state index in [0.29, 0.717) is 29.9 Å². The van der Waals surface area contributed by atoms with Gasteiger partial charge in [-0.2, -0.15) is 0 Å². The molecule has 0 aliphatic heterocycles. The summed E-state index contributed by atoms with van der Waals surface area (Å²) in [4.78, 5) is 32.2. The van der Waals surface area contributed by atoms with Crippen LogP contribution in [-0.2, 0) is 24.4 Å². The van der Waals surface area contributed by atoms with Gasteiger partial charge >= 0.3 is 5.97 Å². The van der Waals surface area contributed by atoms with Crippen molar-refractivity contribution in [3.63, 3.8) is 0 Å². The van der Waals surface area contributed by atoms with Crippen molar-refractivity contribution in [2.24, 2.45) is 0 Å². The second-order valence-corrected chi connectivity index (χ2v) is 6.89. The molecule has 0 radical (unpaired) electrons. The van der Waals surface area contributed by atoms with Gasteiger partial charge in [0.05, 0.1) is 25.8 Å². The first kappa shape index (κ1) is 25.5. The smallest absolute Gasteiger partial charge is 0.341 e. The van der Waals surface area contributed by atoms with Gasteiger partial charge in [0.2, 0.25) is 0 Å². The first-order valence-electron chi connectivity index (χ1n) is 9.42. The highest BCUT2D eigenvalue weighted by molar-refractivity contribution is 6.31. The summed E-state index contributed by atoms with van der Waals surface area (Å²) in [5, 5.41) is 2.60. The van der Waals surface area contributed by atoms with Crippen molar-refractivity contribution in [3.05, 3.63) is 40.2 Å². The van der Waals surface area contributed by atoms with E-state index in [1.165, 1.54) is 19.2 Å². The van der Waals surface area contributed by atoms with E-state index in [0.717, 1.165) is 0 Å². The third kappa shape index (κ3) is 4.55. The number of aromatic nitrogens is 4. The first-order valence-corrected chi connectivity index (χ1v) is 9.80. The number of aryl methyl sites for hydroxylation is 2. The molecule has 5 N–H and O–H groups in total. The molecule has 0 bridgehead atoms. The van der Waals surface area contributed by atoms with Crippen LogP contribution in [0.25, 0.3) is 11.0 Å². The van der Waals surface area contributed by atoms with Crippen LogP contribution >= 0.6 is 11.6 Å². The van der Waals surface area contributed by atoms with Crippen LogP contribution in [-0.4, -0.2) is 33.5 Å². The number of nitrogens with zero attached hydrogens (tertiary/aromatic N) is 4. The Balaban J connectivity index is 0.00000363. The highest BCUT2D eigenvalue weighted by Crippen LogP contribution is 2.21. The standard InChI is InChI=1S/C19H21ClFN7O3.HI/c1-4-27-11-6-9(19(30)31-3)10(21)7-12(11)28(5-2)13(27)8-24-18(29)14-16(22)26-17(23)15(20)25-14;/h6-7H,4-5,8H2,1-3H3,(H4-,22,23,24,26,29);1H. The van der Waals surface area contributed by atoms with Crippen LogP contribution in [0, 0.1) is 5.82 Å². The van der Waals surface area contributed by atoms with Crippen LogP contribution in [0.3, 0.4) is 0 Å². The Hall–Kier alpha value is -2.74. The number of fused-ring (bicyclic) bond motifs is 1. The van der Waals surface area contributed by atoms with Crippen LogP contribution in [0.15, 0.2) is 12.1 Å². The molecule has 0 saturated carbocycles. The number of methoxy groups -OCH3 is 1. The number of halogens is 3. The van der Waals surface area contributed by atoms with Crippen molar-refractivity contribution >= 4 is 46.1 Å². The molecular weight excluding hydrogens is 556 g/mol. The molecule has 2 heterocycles. The Morgan fingerprint density at radius 3 is 2.53 bits per heavy atom. The number of hydrogen-bond donors (Lipinski definition) is 3. The lowest BCUT2D eigenvalue weighted by molar-refractivity contribution is -0.676. The van der Waals surface area contributed by atoms with Gasteiger partial charge in [0.25, 0.3) is 11.7 Å². The van der Waals surface area contributed by atoms with Gasteiger partial charge in [-0.05, 0) is 13.8 Å². The van der Waals surface area contributed by atoms with E-state index < -0.39 is 17.7 Å². The molecule has 10 nitrogen and oxygen atoms in total. The lowest BCUT2D eigenvalue weighted by Crippen LogP contribution is -3.00. The van der Waals surface area contributed by atoms with Gasteiger partial charge in [-0.15, -0.1) is 0 Å². The predicted molar refractivity (Wildman–Crippen MR) is 112 cm³/mol. The fourth-order valence-electron chi connectivity index (χ4n) is 3.42. The van der Waals surface area contributed by atoms with E-state index in [4.69, 9.17) is 23.1 Å². The lowest BCUT2D eigenvalue weighted by atomic mass is 10.2. The minimum atomic E-state index is -0.768. The average Bonchev–Trinajstić information content (AvgIpc) is 3.04. The minimum absolute atomic E-state index is 0. The molecule has 2 aromatic heterocycles. The monoisotopic (exact) mass is 577 g/mol. The molecule has 0 aliphatic rings. The zero-order valence-corrected chi connectivity index (χ0v) is 20.5. The molecule has 0 fully saturated rings. The molecule has 0 atom stereocenters. The van der Waals surface area contributed by atoms with E-state index in [-0.39, 0.29) is 58.6 Å². The summed E-state index contributed by atoms with van der Waals surface area (Å²) in [5.41, 5.74) is 12.2. The number of rotatable bonds is 6. The Morgan fingerprint density at radius 1 is 1.25 bits per heavy atom. The first-order chi connectivity index (χ1) is 14.7. The number of esters is 1. The summed E-state index contributed by atoms with van der Waals surface area (Å²) in [7, 11) is 1.19. The maximum Gasteiger partial charge on any atom is 0.341 e. The van der Waals surface area contributed by atoms with Crippen molar-refractivity contribution in [1.82, 2.24) is 19.9 Å². The highest BCUT2D eigenvalue weighted by Gasteiger charge is 2.27. The maximum atomic E-state index is 14.5. The molecule has 172 valence electrons. The molecule has 1 aromatic carbocycles. The van der Waals surface area contributed by atoms with E-state index in [1.54, 1.807) is 0 Å². The van der Waals surface area contributed by atoms with Gasteiger partial charge < -0.3 is 45.5 Å². The Morgan fingerprint density at radius 2 is 1.94 bits per heavy atom. The van der Waals surface area contributed by atoms with E-state index in [2.05, 4.69) is 20.0 Å². The molecular formula is C19H22ClFIN7O3. The Bertz CT molecular complexity index is 1200. The van der Waals surface area contributed by atoms with Crippen molar-refractivity contribution in [1.29, 1.82) is 0 Å². The molecule has 0 spiro atoms. The summed E-state index contributed by atoms with van der Waals surface area (Å²) in [6, 6.07) is 2.73. The summed E-state index contributed by atoms with van der Waals surface area (Å²) >= 11 is 5.85. The highest BCUT2D eigenvalue weighted by atomic mass is 127. The van der Waals surface area contributed by atoms with Gasteiger partial charge in [-0.1, -0.05) is 11.6 Å². The van der Waals surface area contributed by atoms with E-state index in [9.17, 15) is 14.0 Å². The lowest BCUT2D eigenvalue weighted by Gasteiger charge is -2.08. The number of ether oxygens (including phenoxy) is 1. The van der Waals surface area contributed by atoms with Gasteiger partial charge in [0, 0.05) is 12.1 Å². The van der Waals surface area contributed by atoms with Gasteiger partial charge in [-0.3, -0.25) is 4.79 Å². The Kier molecular flexibility index (Phi) is 8.18. The second-order valence-electron chi connectivity index (χ2n) is 6.53. The number of carbonyl (C=O) groups is 2. The van der Waals surface area contributed by atoms with Crippen molar-refractivity contribution in [2.75, 3.05) is 18.6 Å². The predicted octanol–water partition coefficient (Wildman–Crippen LogP) is -1.56. The fourth-order valence-corrected chi connectivity index (χ4v) is 3.55. The number of benzene rings is 1. The van der Waals surface area contributed by atoms with Crippen molar-refractivity contribution < 1.29 is 47.3 Å². The maximum absolute atomic E-state index is 14.5. The molecule has 1 amide bonds. The molecule has 3 rings (SSSR count). The number of carbonyl (C=O) groups excluding carboxylic acids is 2. The summed E-state index contributed by atoms with van der Waals surface area (Å²) < 4.78 is 22.9. The summed E-state index contributed by atoms with van der Waals surface area (Å²) in [6.07, 6.45) is 0. The number of nitrogens with two attached hydrogens (primary N) is 2. The molecule has 13 heteroatoms. The quantitative estimate of drug-likeness (QED) is 0.183. The fraction of sp³-hybridized carbons (Fsp3) is 0.316. The summed E-state index contributed by atoms with van der Waals surface area (Å²) in [5.74, 6) is -1.59. The van der Waals surface area contributed by atoms with Crippen LogP contribution in [0.1, 0.15) is 40.5 Å². The summed E-state index contributed by atoms with van der Waals surface area (Å²) in [6.45, 7) is 4.88. The average molecular weight is 578 g/mol. The van der Waals surface area contributed by atoms with Gasteiger partial charge in [0.15, 0.2) is 33.5 Å². The number of nitrogens with one attached hydrogen (secondary N) is 1. The number of anilines is 2. The number of amides is 1. The molecule has 3 aromatic rings. The van der Waals surface area contributed by atoms with Gasteiger partial charge in [-0.25, -0.2) is 28.3 Å². The van der Waals surface area contributed by atoms with Gasteiger partial charge in [0.1, 0.15) is 12.4 Å². The third-order valence-electron chi connectivity index (χ3n) is 4.83. The number of nitrogen functional groups attached to an aromatic ring is 2. The SMILES string of the molecule is CCn1c(CNC(=O)c2nc(Cl)c(N)nc2N)[n+](CC)c2cc(C(=O)OC)c(F)cc21.[I-].